The van der Waals surface area contributed by atoms with E-state index < -0.39 is 0 Å². The number of nitrogens with zero attached hydrogens (tertiary/aromatic N) is 1. The topological polar surface area (TPSA) is 59.8 Å². The Kier molecular flexibility index (Phi) is 10.8. The summed E-state index contributed by atoms with van der Waals surface area (Å²) in [7, 11) is 0. The summed E-state index contributed by atoms with van der Waals surface area (Å²) >= 11 is 7.02. The molecule has 4 aromatic rings. The van der Waals surface area contributed by atoms with Gasteiger partial charge in [0, 0.05) is 43.7 Å². The molecule has 1 aliphatic carbocycles. The van der Waals surface area contributed by atoms with Crippen molar-refractivity contribution in [3.63, 3.8) is 0 Å². The van der Waals surface area contributed by atoms with E-state index in [0.717, 1.165) is 58.5 Å². The van der Waals surface area contributed by atoms with Crippen molar-refractivity contribution in [2.75, 3.05) is 42.3 Å². The van der Waals surface area contributed by atoms with Gasteiger partial charge in [-0.15, -0.1) is 0 Å². The Bertz CT molecular complexity index is 1910. The number of ether oxygens (including phenoxy) is 2. The lowest BCUT2D eigenvalue weighted by Gasteiger charge is -2.31. The highest BCUT2D eigenvalue weighted by molar-refractivity contribution is 9.10. The number of nitrogens with two attached hydrogens (primary N) is 1. The van der Waals surface area contributed by atoms with Crippen LogP contribution in [0.4, 0.5) is 17.1 Å². The van der Waals surface area contributed by atoms with Crippen molar-refractivity contribution >= 4 is 48.9 Å². The fourth-order valence-electron chi connectivity index (χ4n) is 7.70. The highest BCUT2D eigenvalue weighted by atomic mass is 79.9. The lowest BCUT2D eigenvalue weighted by Crippen LogP contribution is -2.31. The van der Waals surface area contributed by atoms with E-state index >= 15 is 0 Å². The maximum absolute atomic E-state index is 6.37. The Morgan fingerprint density at radius 1 is 0.820 bits per heavy atom. The van der Waals surface area contributed by atoms with Crippen LogP contribution in [0.15, 0.2) is 116 Å². The minimum Gasteiger partial charge on any atom is -0.492 e. The van der Waals surface area contributed by atoms with Crippen molar-refractivity contribution in [3.8, 4) is 11.5 Å². The van der Waals surface area contributed by atoms with E-state index in [1.165, 1.54) is 44.9 Å². The summed E-state index contributed by atoms with van der Waals surface area (Å²) in [4.78, 5) is 2.50. The molecule has 0 amide bonds. The zero-order chi connectivity index (χ0) is 35.6. The van der Waals surface area contributed by atoms with E-state index in [0.29, 0.717) is 13.2 Å². The van der Waals surface area contributed by atoms with Gasteiger partial charge in [-0.3, -0.25) is 0 Å². The summed E-state index contributed by atoms with van der Waals surface area (Å²) in [5.41, 5.74) is 19.0. The molecule has 262 valence electrons. The first-order valence-corrected chi connectivity index (χ1v) is 19.1. The molecular formula is C43H49Br2N3O2. The zero-order valence-electron chi connectivity index (χ0n) is 30.1. The van der Waals surface area contributed by atoms with E-state index in [4.69, 9.17) is 15.2 Å². The molecule has 3 N–H and O–H groups in total. The fourth-order valence-corrected chi connectivity index (χ4v) is 8.23. The Hall–Kier alpha value is -3.68. The molecule has 0 unspecified atom stereocenters. The molecular weight excluding hydrogens is 750 g/mol. The smallest absolute Gasteiger partial charge is 0.119 e. The molecule has 50 heavy (non-hydrogen) atoms. The van der Waals surface area contributed by atoms with Crippen molar-refractivity contribution in [3.05, 3.63) is 133 Å². The second-order valence-electron chi connectivity index (χ2n) is 14.8. The van der Waals surface area contributed by atoms with E-state index in [-0.39, 0.29) is 10.8 Å². The summed E-state index contributed by atoms with van der Waals surface area (Å²) in [6.07, 6.45) is 3.10. The van der Waals surface area contributed by atoms with Crippen molar-refractivity contribution in [2.45, 2.75) is 71.6 Å². The number of hydrogen-bond donors (Lipinski definition) is 2. The molecule has 6 rings (SSSR count). The molecule has 0 bridgehead atoms. The normalized spacial score (nSPS) is 16.9. The summed E-state index contributed by atoms with van der Waals surface area (Å²) < 4.78 is 14.3. The van der Waals surface area contributed by atoms with Gasteiger partial charge in [-0.25, -0.2) is 0 Å². The Morgan fingerprint density at radius 2 is 1.46 bits per heavy atom. The van der Waals surface area contributed by atoms with Crippen LogP contribution < -0.4 is 25.4 Å². The first-order valence-electron chi connectivity index (χ1n) is 17.6. The predicted molar refractivity (Wildman–Crippen MR) is 217 cm³/mol. The van der Waals surface area contributed by atoms with Gasteiger partial charge in [0.1, 0.15) is 24.7 Å². The number of rotatable bonds is 12. The molecule has 0 fully saturated rings. The lowest BCUT2D eigenvalue weighted by atomic mass is 9.76. The van der Waals surface area contributed by atoms with Crippen LogP contribution in [0.5, 0.6) is 11.5 Å². The number of aryl methyl sites for hydroxylation is 1. The minimum atomic E-state index is -0.185. The summed E-state index contributed by atoms with van der Waals surface area (Å²) in [6, 6.07) is 29.2. The summed E-state index contributed by atoms with van der Waals surface area (Å²) in [6.45, 7) is 16.7. The molecule has 0 saturated heterocycles. The lowest BCUT2D eigenvalue weighted by molar-refractivity contribution is 0.325. The molecule has 4 aromatic carbocycles. The van der Waals surface area contributed by atoms with Gasteiger partial charge in [0.05, 0.1) is 6.54 Å². The van der Waals surface area contributed by atoms with Gasteiger partial charge in [-0.05, 0) is 134 Å². The fraction of sp³-hybridized carbons (Fsp3) is 0.349. The van der Waals surface area contributed by atoms with Crippen LogP contribution >= 0.6 is 31.9 Å². The van der Waals surface area contributed by atoms with Crippen LogP contribution in [0.1, 0.15) is 70.6 Å². The van der Waals surface area contributed by atoms with Gasteiger partial charge in [0.2, 0.25) is 0 Å². The number of anilines is 3. The molecule has 2 aliphatic rings. The first-order chi connectivity index (χ1) is 23.8. The van der Waals surface area contributed by atoms with Crippen LogP contribution in [-0.2, 0) is 10.8 Å². The van der Waals surface area contributed by atoms with Gasteiger partial charge in [0.15, 0.2) is 0 Å². The van der Waals surface area contributed by atoms with Gasteiger partial charge in [0.25, 0.3) is 0 Å². The molecule has 1 aliphatic heterocycles. The molecule has 0 radical (unpaired) electrons. The van der Waals surface area contributed by atoms with Crippen LogP contribution in [0.3, 0.4) is 0 Å². The highest BCUT2D eigenvalue weighted by Gasteiger charge is 2.43. The number of benzene rings is 4. The maximum atomic E-state index is 6.37. The number of halogens is 2. The highest BCUT2D eigenvalue weighted by Crippen LogP contribution is 2.53. The third kappa shape index (κ3) is 7.79. The summed E-state index contributed by atoms with van der Waals surface area (Å²) in [5, 5.41) is 3.69. The largest absolute Gasteiger partial charge is 0.492 e. The molecule has 1 heterocycles. The Morgan fingerprint density at radius 3 is 2.12 bits per heavy atom. The number of fused-ring (bicyclic) bond motifs is 1. The second-order valence-corrected chi connectivity index (χ2v) is 16.6. The van der Waals surface area contributed by atoms with Crippen molar-refractivity contribution in [1.82, 2.24) is 0 Å². The van der Waals surface area contributed by atoms with Crippen molar-refractivity contribution in [1.29, 1.82) is 0 Å². The van der Waals surface area contributed by atoms with E-state index in [1.807, 2.05) is 54.6 Å². The van der Waals surface area contributed by atoms with Gasteiger partial charge >= 0.3 is 0 Å². The van der Waals surface area contributed by atoms with Gasteiger partial charge in [-0.2, -0.15) is 0 Å². The number of nitrogens with one attached hydrogen (secondary N) is 1. The number of hydrogen-bond acceptors (Lipinski definition) is 5. The van der Waals surface area contributed by atoms with Crippen molar-refractivity contribution in [2.24, 2.45) is 0 Å². The quantitative estimate of drug-likeness (QED) is 0.110. The zero-order valence-corrected chi connectivity index (χ0v) is 33.3. The molecule has 7 heteroatoms. The average molecular weight is 800 g/mol. The van der Waals surface area contributed by atoms with E-state index in [1.54, 1.807) is 5.57 Å². The van der Waals surface area contributed by atoms with Gasteiger partial charge in [-0.1, -0.05) is 82.8 Å². The second kappa shape index (κ2) is 14.9. The number of allylic oxidation sites excluding steroid dienone is 4. The van der Waals surface area contributed by atoms with Crippen LogP contribution in [0, 0.1) is 6.92 Å². The minimum absolute atomic E-state index is 0.0710. The monoisotopic (exact) mass is 797 g/mol. The predicted octanol–water partition coefficient (Wildman–Crippen LogP) is 11.5. The Balaban J connectivity index is 1.24. The molecule has 0 aromatic heterocycles. The third-order valence-electron chi connectivity index (χ3n) is 10.2. The first kappa shape index (κ1) is 36.1. The molecule has 0 atom stereocenters. The Labute approximate surface area is 315 Å². The molecule has 0 spiro atoms. The average Bonchev–Trinajstić information content (AvgIpc) is 3.52. The standard InChI is InChI=1S/C43H49Br2N3O2/c1-28-7-19-39(47-21-23-49-34-14-9-31(44)10-15-34)37(25-28)42(3,4)27-30-8-18-36(29(30)2)41-43(5,6)38-26-33(46)13-20-40(38)48(41)22-24-50-35-16-11-32(45)12-17-35/h7,9-17,19-20,25-26,47H,8,18,21-24,27,46H2,1-6H3/b41-36+. The SMILES string of the molecule is CC1=C(CC(C)(C)c2cc(C)ccc2NCCOc2ccc(Br)cc2)CC/C1=C1\N(CCOc2ccc(Br)cc2)c2ccc(N)cc2C1(C)C. The van der Waals surface area contributed by atoms with Crippen LogP contribution in [0.2, 0.25) is 0 Å². The maximum Gasteiger partial charge on any atom is 0.119 e. The van der Waals surface area contributed by atoms with Crippen LogP contribution in [-0.4, -0.2) is 26.3 Å². The van der Waals surface area contributed by atoms with E-state index in [9.17, 15) is 0 Å². The third-order valence-corrected chi connectivity index (χ3v) is 11.3. The molecule has 5 nitrogen and oxygen atoms in total. The van der Waals surface area contributed by atoms with Gasteiger partial charge < -0.3 is 25.4 Å². The van der Waals surface area contributed by atoms with E-state index in [2.05, 4.69) is 114 Å². The van der Waals surface area contributed by atoms with Crippen molar-refractivity contribution < 1.29 is 9.47 Å². The number of nitrogen functional groups attached to an aromatic ring is 1. The van der Waals surface area contributed by atoms with Crippen LogP contribution in [0.25, 0.3) is 0 Å². The summed E-state index contributed by atoms with van der Waals surface area (Å²) in [5.74, 6) is 1.75. The molecule has 0 saturated carbocycles.